The topological polar surface area (TPSA) is 60.0 Å². The van der Waals surface area contributed by atoms with Crippen LogP contribution in [0.5, 0.6) is 17.2 Å². The van der Waals surface area contributed by atoms with E-state index in [0.29, 0.717) is 5.75 Å². The SMILES string of the molecule is COc1ccc([C@H](O)[C@@H]2NC=Cc3cc4c(cc32)OCO4)cc1. The van der Waals surface area contributed by atoms with Crippen LogP contribution in [0, 0.1) is 0 Å². The molecule has 0 aliphatic carbocycles. The van der Waals surface area contributed by atoms with E-state index in [4.69, 9.17) is 14.2 Å². The summed E-state index contributed by atoms with van der Waals surface area (Å²) < 4.78 is 16.0. The van der Waals surface area contributed by atoms with Gasteiger partial charge in [0.2, 0.25) is 6.79 Å². The molecule has 0 radical (unpaired) electrons. The summed E-state index contributed by atoms with van der Waals surface area (Å²) in [6.45, 7) is 0.237. The van der Waals surface area contributed by atoms with Gasteiger partial charge in [0.1, 0.15) is 11.9 Å². The summed E-state index contributed by atoms with van der Waals surface area (Å²) in [7, 11) is 1.62. The number of rotatable bonds is 3. The van der Waals surface area contributed by atoms with Gasteiger partial charge in [0.25, 0.3) is 0 Å². The third-order valence-electron chi connectivity index (χ3n) is 4.23. The number of fused-ring (bicyclic) bond motifs is 2. The van der Waals surface area contributed by atoms with Crippen molar-refractivity contribution in [1.82, 2.24) is 5.32 Å². The van der Waals surface area contributed by atoms with E-state index >= 15 is 0 Å². The molecule has 0 spiro atoms. The van der Waals surface area contributed by atoms with Gasteiger partial charge in [0.05, 0.1) is 13.2 Å². The van der Waals surface area contributed by atoms with Crippen LogP contribution in [0.3, 0.4) is 0 Å². The van der Waals surface area contributed by atoms with Gasteiger partial charge in [-0.05, 0) is 53.2 Å². The molecule has 2 aliphatic heterocycles. The number of methoxy groups -OCH3 is 1. The first-order chi connectivity index (χ1) is 11.3. The van der Waals surface area contributed by atoms with Crippen molar-refractivity contribution in [2.24, 2.45) is 0 Å². The Labute approximate surface area is 134 Å². The summed E-state index contributed by atoms with van der Waals surface area (Å²) in [5, 5.41) is 14.0. The first kappa shape index (κ1) is 14.0. The highest BCUT2D eigenvalue weighted by Gasteiger charge is 2.28. The van der Waals surface area contributed by atoms with Crippen molar-refractivity contribution >= 4 is 6.08 Å². The highest BCUT2D eigenvalue weighted by atomic mass is 16.7. The van der Waals surface area contributed by atoms with Gasteiger partial charge in [-0.25, -0.2) is 0 Å². The van der Waals surface area contributed by atoms with Crippen LogP contribution in [0.2, 0.25) is 0 Å². The van der Waals surface area contributed by atoms with Gasteiger partial charge in [0, 0.05) is 0 Å². The van der Waals surface area contributed by atoms with Crippen LogP contribution in [0.25, 0.3) is 6.08 Å². The molecule has 0 unspecified atom stereocenters. The Balaban J connectivity index is 1.68. The summed E-state index contributed by atoms with van der Waals surface area (Å²) in [5.74, 6) is 2.22. The van der Waals surface area contributed by atoms with Gasteiger partial charge in [-0.1, -0.05) is 12.1 Å². The zero-order valence-electron chi connectivity index (χ0n) is 12.7. The van der Waals surface area contributed by atoms with Crippen molar-refractivity contribution in [1.29, 1.82) is 0 Å². The van der Waals surface area contributed by atoms with Crippen LogP contribution in [-0.2, 0) is 0 Å². The van der Waals surface area contributed by atoms with Crippen LogP contribution in [0.4, 0.5) is 0 Å². The largest absolute Gasteiger partial charge is 0.497 e. The molecule has 23 heavy (non-hydrogen) atoms. The first-order valence-electron chi connectivity index (χ1n) is 7.44. The summed E-state index contributed by atoms with van der Waals surface area (Å²) in [6, 6.07) is 11.1. The lowest BCUT2D eigenvalue weighted by molar-refractivity contribution is 0.134. The molecular formula is C18H17NO4. The molecular weight excluding hydrogens is 294 g/mol. The molecule has 0 saturated heterocycles. The molecule has 2 heterocycles. The van der Waals surface area contributed by atoms with Crippen molar-refractivity contribution < 1.29 is 19.3 Å². The summed E-state index contributed by atoms with van der Waals surface area (Å²) >= 11 is 0. The molecule has 0 saturated carbocycles. The van der Waals surface area contributed by atoms with Gasteiger partial charge >= 0.3 is 0 Å². The second-order valence-corrected chi connectivity index (χ2v) is 5.53. The molecule has 4 rings (SSSR count). The van der Waals surface area contributed by atoms with E-state index < -0.39 is 6.10 Å². The van der Waals surface area contributed by atoms with Crippen molar-refractivity contribution in [2.45, 2.75) is 12.1 Å². The Morgan fingerprint density at radius 2 is 1.91 bits per heavy atom. The highest BCUT2D eigenvalue weighted by Crippen LogP contribution is 2.41. The molecule has 2 aliphatic rings. The van der Waals surface area contributed by atoms with Crippen molar-refractivity contribution in [2.75, 3.05) is 13.9 Å². The van der Waals surface area contributed by atoms with Crippen LogP contribution < -0.4 is 19.5 Å². The van der Waals surface area contributed by atoms with E-state index in [1.54, 1.807) is 7.11 Å². The Bertz CT molecular complexity index is 754. The fraction of sp³-hybridized carbons (Fsp3) is 0.222. The van der Waals surface area contributed by atoms with E-state index in [1.807, 2.05) is 48.7 Å². The van der Waals surface area contributed by atoms with Gasteiger partial charge in [-0.15, -0.1) is 0 Å². The zero-order valence-corrected chi connectivity index (χ0v) is 12.7. The highest BCUT2D eigenvalue weighted by molar-refractivity contribution is 5.63. The normalized spacial score (nSPS) is 19.0. The number of nitrogens with one attached hydrogen (secondary N) is 1. The Kier molecular flexibility index (Phi) is 3.35. The molecule has 2 aromatic rings. The number of aliphatic hydroxyl groups excluding tert-OH is 1. The third kappa shape index (κ3) is 2.39. The second-order valence-electron chi connectivity index (χ2n) is 5.53. The quantitative estimate of drug-likeness (QED) is 0.913. The Hall–Kier alpha value is -2.66. The zero-order chi connectivity index (χ0) is 15.8. The monoisotopic (exact) mass is 311 g/mol. The van der Waals surface area contributed by atoms with Crippen molar-refractivity contribution in [3.05, 3.63) is 59.3 Å². The standard InChI is InChI=1S/C18H17NO4/c1-21-13-4-2-11(3-5-13)18(20)17-14-9-16-15(22-10-23-16)8-12(14)6-7-19-17/h2-9,17-20H,10H2,1H3/t17-,18+/m1/s1. The number of ether oxygens (including phenoxy) is 3. The van der Waals surface area contributed by atoms with Crippen LogP contribution in [0.1, 0.15) is 28.8 Å². The third-order valence-corrected chi connectivity index (χ3v) is 4.23. The Morgan fingerprint density at radius 3 is 2.65 bits per heavy atom. The maximum atomic E-state index is 10.8. The first-order valence-corrected chi connectivity index (χ1v) is 7.44. The number of hydrogen-bond donors (Lipinski definition) is 2. The molecule has 2 N–H and O–H groups in total. The summed E-state index contributed by atoms with van der Waals surface area (Å²) in [4.78, 5) is 0. The predicted octanol–water partition coefficient (Wildman–Crippen LogP) is 2.77. The van der Waals surface area contributed by atoms with E-state index in [9.17, 15) is 5.11 Å². The number of benzene rings is 2. The Morgan fingerprint density at radius 1 is 1.17 bits per heavy atom. The maximum absolute atomic E-state index is 10.8. The van der Waals surface area contributed by atoms with Crippen LogP contribution in [-0.4, -0.2) is 19.0 Å². The maximum Gasteiger partial charge on any atom is 0.231 e. The fourth-order valence-electron chi connectivity index (χ4n) is 2.97. The lowest BCUT2D eigenvalue weighted by atomic mass is 9.90. The van der Waals surface area contributed by atoms with Gasteiger partial charge in [-0.3, -0.25) is 0 Å². The summed E-state index contributed by atoms with van der Waals surface area (Å²) in [6.07, 6.45) is 3.13. The van der Waals surface area contributed by atoms with Crippen LogP contribution in [0.15, 0.2) is 42.6 Å². The van der Waals surface area contributed by atoms with E-state index in [2.05, 4.69) is 5.32 Å². The number of aliphatic hydroxyl groups is 1. The minimum absolute atomic E-state index is 0.237. The summed E-state index contributed by atoms with van der Waals surface area (Å²) in [5.41, 5.74) is 2.83. The van der Waals surface area contributed by atoms with Gasteiger partial charge in [-0.2, -0.15) is 0 Å². The predicted molar refractivity (Wildman–Crippen MR) is 85.4 cm³/mol. The van der Waals surface area contributed by atoms with Gasteiger partial charge < -0.3 is 24.6 Å². The van der Waals surface area contributed by atoms with Crippen molar-refractivity contribution in [3.63, 3.8) is 0 Å². The molecule has 5 heteroatoms. The molecule has 5 nitrogen and oxygen atoms in total. The molecule has 0 amide bonds. The van der Waals surface area contributed by atoms with E-state index in [-0.39, 0.29) is 12.8 Å². The average molecular weight is 311 g/mol. The molecule has 0 aromatic heterocycles. The van der Waals surface area contributed by atoms with E-state index in [0.717, 1.165) is 28.2 Å². The smallest absolute Gasteiger partial charge is 0.231 e. The molecule has 0 bridgehead atoms. The molecule has 118 valence electrons. The molecule has 2 atom stereocenters. The lowest BCUT2D eigenvalue weighted by Gasteiger charge is -2.28. The van der Waals surface area contributed by atoms with Crippen molar-refractivity contribution in [3.8, 4) is 17.2 Å². The minimum atomic E-state index is -0.690. The minimum Gasteiger partial charge on any atom is -0.497 e. The second kappa shape index (κ2) is 5.52. The van der Waals surface area contributed by atoms with Gasteiger partial charge in [0.15, 0.2) is 11.5 Å². The lowest BCUT2D eigenvalue weighted by Crippen LogP contribution is -2.26. The van der Waals surface area contributed by atoms with Crippen LogP contribution >= 0.6 is 0 Å². The molecule has 0 fully saturated rings. The number of hydrogen-bond acceptors (Lipinski definition) is 5. The van der Waals surface area contributed by atoms with E-state index in [1.165, 1.54) is 0 Å². The average Bonchev–Trinajstić information content (AvgIpc) is 3.06. The fourth-order valence-corrected chi connectivity index (χ4v) is 2.97. The molecule has 2 aromatic carbocycles.